The van der Waals surface area contributed by atoms with Crippen LogP contribution in [0.2, 0.25) is 0 Å². The van der Waals surface area contributed by atoms with E-state index < -0.39 is 0 Å². The van der Waals surface area contributed by atoms with Crippen LogP contribution < -0.4 is 4.90 Å². The van der Waals surface area contributed by atoms with Crippen LogP contribution in [0.3, 0.4) is 0 Å². The average molecular weight is 806 g/mol. The predicted octanol–water partition coefficient (Wildman–Crippen LogP) is 16.2. The largest absolute Gasteiger partial charge is 0.423 e. The van der Waals surface area contributed by atoms with Crippen LogP contribution in [0.1, 0.15) is 0 Å². The molecule has 0 saturated heterocycles. The molecule has 0 aliphatic rings. The van der Waals surface area contributed by atoms with Gasteiger partial charge in [0.15, 0.2) is 5.58 Å². The molecule has 4 nitrogen and oxygen atoms in total. The van der Waals surface area contributed by atoms with Crippen molar-refractivity contribution >= 4 is 61.1 Å². The van der Waals surface area contributed by atoms with Crippen molar-refractivity contribution in [2.24, 2.45) is 0 Å². The fourth-order valence-electron chi connectivity index (χ4n) is 9.22. The fraction of sp³-hybridized carbons (Fsp3) is 0. The number of benzene rings is 10. The Morgan fingerprint density at radius 1 is 0.381 bits per heavy atom. The van der Waals surface area contributed by atoms with E-state index in [1.54, 1.807) is 0 Å². The monoisotopic (exact) mass is 805 g/mol. The molecule has 0 spiro atoms. The Morgan fingerprint density at radius 3 is 1.51 bits per heavy atom. The van der Waals surface area contributed by atoms with E-state index in [1.165, 1.54) is 66.0 Å². The number of oxazole rings is 1. The number of rotatable bonds is 8. The van der Waals surface area contributed by atoms with Crippen molar-refractivity contribution in [1.82, 2.24) is 9.55 Å². The van der Waals surface area contributed by atoms with Gasteiger partial charge >= 0.3 is 6.01 Å². The molecule has 0 fully saturated rings. The normalized spacial score (nSPS) is 11.5. The van der Waals surface area contributed by atoms with Gasteiger partial charge in [-0.1, -0.05) is 176 Å². The minimum Gasteiger partial charge on any atom is -0.423 e. The summed E-state index contributed by atoms with van der Waals surface area (Å²) in [4.78, 5) is 7.04. The molecule has 12 rings (SSSR count). The first-order valence-electron chi connectivity index (χ1n) is 21.4. The zero-order valence-corrected chi connectivity index (χ0v) is 34.3. The molecule has 0 amide bonds. The highest BCUT2D eigenvalue weighted by Gasteiger charge is 2.21. The van der Waals surface area contributed by atoms with Crippen LogP contribution in [0.15, 0.2) is 241 Å². The summed E-state index contributed by atoms with van der Waals surface area (Å²) in [6, 6.07) is 84.7. The number of anilines is 3. The zero-order valence-electron chi connectivity index (χ0n) is 34.3. The SMILES string of the molecule is c1ccc(-c2ccc(N(c3ccc(-c4cccc5cccc(-c6ccc7c8ccc(-c9ccccc9)cc8n(-c8ccccc8)c7c6)c45)cc3)c3nc4ccccc4o3)cc2)cc1. The van der Waals surface area contributed by atoms with Crippen LogP contribution in [0.4, 0.5) is 17.4 Å². The van der Waals surface area contributed by atoms with Crippen LogP contribution in [0, 0.1) is 0 Å². The molecule has 0 aliphatic heterocycles. The van der Waals surface area contributed by atoms with Crippen LogP contribution in [-0.2, 0) is 0 Å². The molecule has 10 aromatic carbocycles. The van der Waals surface area contributed by atoms with E-state index in [-0.39, 0.29) is 0 Å². The summed E-state index contributed by atoms with van der Waals surface area (Å²) in [7, 11) is 0. The number of hydrogen-bond donors (Lipinski definition) is 0. The smallest absolute Gasteiger partial charge is 0.307 e. The van der Waals surface area contributed by atoms with Crippen molar-refractivity contribution in [2.75, 3.05) is 4.90 Å². The highest BCUT2D eigenvalue weighted by Crippen LogP contribution is 2.42. The molecule has 12 aromatic rings. The molecule has 0 saturated carbocycles. The molecule has 0 bridgehead atoms. The number of para-hydroxylation sites is 3. The summed E-state index contributed by atoms with van der Waals surface area (Å²) < 4.78 is 8.84. The van der Waals surface area contributed by atoms with E-state index in [9.17, 15) is 0 Å². The highest BCUT2D eigenvalue weighted by atomic mass is 16.4. The van der Waals surface area contributed by atoms with Crippen molar-refractivity contribution in [1.29, 1.82) is 0 Å². The van der Waals surface area contributed by atoms with Gasteiger partial charge < -0.3 is 8.98 Å². The molecule has 4 heteroatoms. The van der Waals surface area contributed by atoms with Crippen molar-refractivity contribution in [3.8, 4) is 50.2 Å². The predicted molar refractivity (Wildman–Crippen MR) is 262 cm³/mol. The van der Waals surface area contributed by atoms with Gasteiger partial charge in [-0.3, -0.25) is 4.90 Å². The van der Waals surface area contributed by atoms with Crippen LogP contribution >= 0.6 is 0 Å². The lowest BCUT2D eigenvalue weighted by molar-refractivity contribution is 0.608. The Bertz CT molecular complexity index is 3550. The Balaban J connectivity index is 0.975. The van der Waals surface area contributed by atoms with Gasteiger partial charge in [-0.2, -0.15) is 4.98 Å². The first-order chi connectivity index (χ1) is 31.2. The molecule has 0 N–H and O–H groups in total. The van der Waals surface area contributed by atoms with E-state index in [0.29, 0.717) is 6.01 Å². The van der Waals surface area contributed by atoms with Gasteiger partial charge in [0.25, 0.3) is 0 Å². The molecular weight excluding hydrogens is 767 g/mol. The third-order valence-corrected chi connectivity index (χ3v) is 12.2. The number of aromatic nitrogens is 2. The summed E-state index contributed by atoms with van der Waals surface area (Å²) in [5, 5.41) is 4.87. The lowest BCUT2D eigenvalue weighted by Crippen LogP contribution is -2.10. The minimum absolute atomic E-state index is 0.517. The number of hydrogen-bond acceptors (Lipinski definition) is 3. The highest BCUT2D eigenvalue weighted by molar-refractivity contribution is 6.13. The first kappa shape index (κ1) is 36.4. The second-order valence-corrected chi connectivity index (χ2v) is 16.0. The molecule has 296 valence electrons. The van der Waals surface area contributed by atoms with Gasteiger partial charge in [0.1, 0.15) is 5.52 Å². The minimum atomic E-state index is 0.517. The van der Waals surface area contributed by atoms with Gasteiger partial charge in [0, 0.05) is 16.5 Å². The Hall–Kier alpha value is -8.47. The van der Waals surface area contributed by atoms with Crippen molar-refractivity contribution in [3.05, 3.63) is 237 Å². The van der Waals surface area contributed by atoms with Gasteiger partial charge in [-0.05, 0) is 116 Å². The van der Waals surface area contributed by atoms with Crippen LogP contribution in [-0.4, -0.2) is 9.55 Å². The molecule has 0 radical (unpaired) electrons. The Morgan fingerprint density at radius 2 is 0.873 bits per heavy atom. The maximum absolute atomic E-state index is 6.42. The maximum Gasteiger partial charge on any atom is 0.307 e. The van der Waals surface area contributed by atoms with Crippen molar-refractivity contribution < 1.29 is 4.42 Å². The number of fused-ring (bicyclic) bond motifs is 5. The van der Waals surface area contributed by atoms with Crippen molar-refractivity contribution in [3.63, 3.8) is 0 Å². The van der Waals surface area contributed by atoms with Crippen LogP contribution in [0.5, 0.6) is 0 Å². The second-order valence-electron chi connectivity index (χ2n) is 16.0. The quantitative estimate of drug-likeness (QED) is 0.153. The van der Waals surface area contributed by atoms with E-state index in [1.807, 2.05) is 30.3 Å². The first-order valence-corrected chi connectivity index (χ1v) is 21.4. The van der Waals surface area contributed by atoms with Crippen LogP contribution in [0.25, 0.3) is 93.9 Å². The summed E-state index contributed by atoms with van der Waals surface area (Å²) >= 11 is 0. The summed E-state index contributed by atoms with van der Waals surface area (Å²) in [5.41, 5.74) is 16.4. The zero-order chi connectivity index (χ0) is 41.7. The molecule has 0 atom stereocenters. The lowest BCUT2D eigenvalue weighted by Gasteiger charge is -2.22. The summed E-state index contributed by atoms with van der Waals surface area (Å²) in [6.45, 7) is 0. The molecular formula is C59H39N3O. The third kappa shape index (κ3) is 6.44. The van der Waals surface area contributed by atoms with E-state index in [4.69, 9.17) is 9.40 Å². The maximum atomic E-state index is 6.42. The molecule has 0 unspecified atom stereocenters. The van der Waals surface area contributed by atoms with Gasteiger partial charge in [0.2, 0.25) is 0 Å². The molecule has 2 aromatic heterocycles. The Labute approximate surface area is 365 Å². The standard InChI is InChI=1S/C59H39N3O/c1-4-14-40(15-5-1)42-26-32-48(33-27-42)61(59-60-54-24-10-11-25-57(54)63-59)49-34-28-43(29-35-49)50-22-12-18-44-19-13-23-51(58(44)50)46-31-37-53-52-36-30-45(41-16-6-2-7-17-41)38-55(52)62(56(53)39-46)47-20-8-3-9-21-47/h1-39H. The van der Waals surface area contributed by atoms with Gasteiger partial charge in [0.05, 0.1) is 22.4 Å². The summed E-state index contributed by atoms with van der Waals surface area (Å²) in [5.74, 6) is 0. The van der Waals surface area contributed by atoms with E-state index in [2.05, 4.69) is 216 Å². The van der Waals surface area contributed by atoms with Gasteiger partial charge in [-0.25, -0.2) is 0 Å². The van der Waals surface area contributed by atoms with Gasteiger partial charge in [-0.15, -0.1) is 0 Å². The van der Waals surface area contributed by atoms with E-state index >= 15 is 0 Å². The lowest BCUT2D eigenvalue weighted by atomic mass is 9.91. The molecule has 63 heavy (non-hydrogen) atoms. The van der Waals surface area contributed by atoms with E-state index in [0.717, 1.165) is 39.3 Å². The molecule has 2 heterocycles. The van der Waals surface area contributed by atoms with Crippen molar-refractivity contribution in [2.45, 2.75) is 0 Å². The third-order valence-electron chi connectivity index (χ3n) is 12.2. The topological polar surface area (TPSA) is 34.2 Å². The Kier molecular flexibility index (Phi) is 8.79. The fourth-order valence-corrected chi connectivity index (χ4v) is 9.22. The molecule has 0 aliphatic carbocycles. The second kappa shape index (κ2) is 15.2. The number of nitrogens with zero attached hydrogens (tertiary/aromatic N) is 3. The summed E-state index contributed by atoms with van der Waals surface area (Å²) in [6.07, 6.45) is 0. The average Bonchev–Trinajstić information content (AvgIpc) is 3.93.